The first-order valence-electron chi connectivity index (χ1n) is 18.0. The van der Waals surface area contributed by atoms with E-state index in [0.29, 0.717) is 6.42 Å². The van der Waals surface area contributed by atoms with Gasteiger partial charge in [0.05, 0.1) is 6.10 Å². The summed E-state index contributed by atoms with van der Waals surface area (Å²) in [5.41, 5.74) is 0. The van der Waals surface area contributed by atoms with Gasteiger partial charge in [-0.2, -0.15) is 0 Å². The molecule has 2 unspecified atom stereocenters. The molecular weight excluding hydrogens is 480 g/mol. The van der Waals surface area contributed by atoms with Crippen molar-refractivity contribution in [1.29, 1.82) is 0 Å². The highest BCUT2D eigenvalue weighted by Crippen LogP contribution is 2.19. The zero-order valence-corrected chi connectivity index (χ0v) is 27.1. The zero-order chi connectivity index (χ0) is 28.7. The van der Waals surface area contributed by atoms with Gasteiger partial charge in [-0.3, -0.25) is 4.79 Å². The Morgan fingerprint density at radius 1 is 0.462 bits per heavy atom. The largest absolute Gasteiger partial charge is 0.462 e. The molecule has 39 heavy (non-hydrogen) atoms. The summed E-state index contributed by atoms with van der Waals surface area (Å²) in [6.45, 7) is 6.78. The summed E-state index contributed by atoms with van der Waals surface area (Å²) in [7, 11) is 0. The predicted octanol–water partition coefficient (Wildman–Crippen LogP) is 12.0. The molecule has 0 rings (SSSR count). The van der Waals surface area contributed by atoms with Crippen LogP contribution in [0.3, 0.4) is 0 Å². The fraction of sp³-hybridized carbons (Fsp3) is 0.972. The molecule has 0 aliphatic carbocycles. The SMILES string of the molecule is CCCCCCCCCCCCC(CCCCCCC)OC(=O)CCCCCCCC(O)CCCCCCC. The van der Waals surface area contributed by atoms with Crippen molar-refractivity contribution in [3.05, 3.63) is 0 Å². The number of unbranched alkanes of at least 4 members (excludes halogenated alkanes) is 21. The van der Waals surface area contributed by atoms with E-state index in [4.69, 9.17) is 4.74 Å². The molecule has 3 nitrogen and oxygen atoms in total. The number of carbonyl (C=O) groups excluding carboxylic acids is 1. The molecule has 1 N–H and O–H groups in total. The summed E-state index contributed by atoms with van der Waals surface area (Å²) in [5, 5.41) is 10.2. The van der Waals surface area contributed by atoms with E-state index < -0.39 is 0 Å². The minimum atomic E-state index is -0.115. The predicted molar refractivity (Wildman–Crippen MR) is 171 cm³/mol. The lowest BCUT2D eigenvalue weighted by molar-refractivity contribution is -0.150. The molecule has 0 spiro atoms. The molecule has 0 amide bonds. The maximum absolute atomic E-state index is 12.6. The Hall–Kier alpha value is -0.570. The lowest BCUT2D eigenvalue weighted by Crippen LogP contribution is -2.18. The number of hydrogen-bond acceptors (Lipinski definition) is 3. The van der Waals surface area contributed by atoms with Gasteiger partial charge in [0.25, 0.3) is 0 Å². The topological polar surface area (TPSA) is 46.5 Å². The average molecular weight is 553 g/mol. The van der Waals surface area contributed by atoms with Crippen LogP contribution in [0.15, 0.2) is 0 Å². The second kappa shape index (κ2) is 32.0. The van der Waals surface area contributed by atoms with Crippen molar-refractivity contribution in [2.75, 3.05) is 0 Å². The number of rotatable bonds is 32. The van der Waals surface area contributed by atoms with Crippen molar-refractivity contribution in [2.24, 2.45) is 0 Å². The van der Waals surface area contributed by atoms with Crippen LogP contribution in [0.4, 0.5) is 0 Å². The number of hydrogen-bond donors (Lipinski definition) is 1. The van der Waals surface area contributed by atoms with Gasteiger partial charge in [0, 0.05) is 6.42 Å². The maximum atomic E-state index is 12.6. The Labute approximate surface area is 246 Å². The Kier molecular flexibility index (Phi) is 31.5. The van der Waals surface area contributed by atoms with E-state index in [9.17, 15) is 9.90 Å². The number of esters is 1. The summed E-state index contributed by atoms with van der Waals surface area (Å²) in [5.74, 6) is 0.0270. The van der Waals surface area contributed by atoms with Gasteiger partial charge in [-0.1, -0.05) is 162 Å². The van der Waals surface area contributed by atoms with Gasteiger partial charge in [-0.05, 0) is 44.9 Å². The molecule has 0 saturated carbocycles. The molecule has 0 aromatic rings. The smallest absolute Gasteiger partial charge is 0.306 e. The van der Waals surface area contributed by atoms with Gasteiger partial charge < -0.3 is 9.84 Å². The van der Waals surface area contributed by atoms with E-state index in [1.807, 2.05) is 0 Å². The number of aliphatic hydroxyl groups excluding tert-OH is 1. The molecule has 0 saturated heterocycles. The maximum Gasteiger partial charge on any atom is 0.306 e. The Morgan fingerprint density at radius 3 is 1.15 bits per heavy atom. The van der Waals surface area contributed by atoms with E-state index in [-0.39, 0.29) is 18.2 Å². The molecule has 0 aromatic carbocycles. The van der Waals surface area contributed by atoms with Crippen LogP contribution in [0, 0.1) is 0 Å². The standard InChI is InChI=1S/C36H72O3/c1-4-7-10-13-14-15-16-17-22-27-32-35(31-26-20-12-9-6-3)39-36(38)33-28-23-18-21-25-30-34(37)29-24-19-11-8-5-2/h34-35,37H,4-33H2,1-3H3. The molecule has 0 bridgehead atoms. The summed E-state index contributed by atoms with van der Waals surface area (Å²) in [6, 6.07) is 0. The molecule has 0 aliphatic heterocycles. The Morgan fingerprint density at radius 2 is 0.769 bits per heavy atom. The fourth-order valence-electron chi connectivity index (χ4n) is 5.65. The van der Waals surface area contributed by atoms with E-state index in [1.165, 1.54) is 135 Å². The first kappa shape index (κ1) is 38.4. The van der Waals surface area contributed by atoms with Crippen molar-refractivity contribution in [1.82, 2.24) is 0 Å². The van der Waals surface area contributed by atoms with Crippen molar-refractivity contribution in [3.63, 3.8) is 0 Å². The Balaban J connectivity index is 3.93. The highest BCUT2D eigenvalue weighted by molar-refractivity contribution is 5.69. The van der Waals surface area contributed by atoms with Crippen LogP contribution in [-0.4, -0.2) is 23.3 Å². The van der Waals surface area contributed by atoms with Gasteiger partial charge in [-0.15, -0.1) is 0 Å². The highest BCUT2D eigenvalue weighted by Gasteiger charge is 2.14. The normalized spacial score (nSPS) is 13.0. The van der Waals surface area contributed by atoms with Gasteiger partial charge in [0.1, 0.15) is 6.10 Å². The zero-order valence-electron chi connectivity index (χ0n) is 27.1. The molecule has 3 heteroatoms. The summed E-state index contributed by atoms with van der Waals surface area (Å²) < 4.78 is 5.99. The summed E-state index contributed by atoms with van der Waals surface area (Å²) in [4.78, 5) is 12.6. The van der Waals surface area contributed by atoms with Gasteiger partial charge in [0.15, 0.2) is 0 Å². The molecular formula is C36H72O3. The molecule has 0 aliphatic rings. The first-order chi connectivity index (χ1) is 19.1. The second-order valence-corrected chi connectivity index (χ2v) is 12.4. The highest BCUT2D eigenvalue weighted by atomic mass is 16.5. The number of aliphatic hydroxyl groups is 1. The minimum Gasteiger partial charge on any atom is -0.462 e. The van der Waals surface area contributed by atoms with Crippen LogP contribution in [0.5, 0.6) is 0 Å². The van der Waals surface area contributed by atoms with Gasteiger partial charge in [0.2, 0.25) is 0 Å². The van der Waals surface area contributed by atoms with Crippen LogP contribution in [0.2, 0.25) is 0 Å². The third-order valence-electron chi connectivity index (χ3n) is 8.37. The van der Waals surface area contributed by atoms with Gasteiger partial charge in [-0.25, -0.2) is 0 Å². The molecule has 0 radical (unpaired) electrons. The number of carbonyl (C=O) groups is 1. The minimum absolute atomic E-state index is 0.0270. The van der Waals surface area contributed by atoms with E-state index >= 15 is 0 Å². The van der Waals surface area contributed by atoms with Gasteiger partial charge >= 0.3 is 5.97 Å². The van der Waals surface area contributed by atoms with Crippen molar-refractivity contribution in [2.45, 2.75) is 226 Å². The van der Waals surface area contributed by atoms with Crippen LogP contribution >= 0.6 is 0 Å². The van der Waals surface area contributed by atoms with Crippen molar-refractivity contribution < 1.29 is 14.6 Å². The lowest BCUT2D eigenvalue weighted by Gasteiger charge is -2.18. The third kappa shape index (κ3) is 30.2. The molecule has 234 valence electrons. The third-order valence-corrected chi connectivity index (χ3v) is 8.37. The second-order valence-electron chi connectivity index (χ2n) is 12.4. The Bertz CT molecular complexity index is 478. The monoisotopic (exact) mass is 553 g/mol. The van der Waals surface area contributed by atoms with Crippen LogP contribution < -0.4 is 0 Å². The van der Waals surface area contributed by atoms with E-state index in [2.05, 4.69) is 20.8 Å². The van der Waals surface area contributed by atoms with Crippen molar-refractivity contribution >= 4 is 5.97 Å². The molecule has 0 aromatic heterocycles. The lowest BCUT2D eigenvalue weighted by atomic mass is 10.0. The van der Waals surface area contributed by atoms with E-state index in [1.54, 1.807) is 0 Å². The van der Waals surface area contributed by atoms with Crippen molar-refractivity contribution in [3.8, 4) is 0 Å². The van der Waals surface area contributed by atoms with Crippen LogP contribution in [0.25, 0.3) is 0 Å². The van der Waals surface area contributed by atoms with E-state index in [0.717, 1.165) is 51.4 Å². The molecule has 0 fully saturated rings. The summed E-state index contributed by atoms with van der Waals surface area (Å²) in [6.07, 6.45) is 36.3. The molecule has 0 heterocycles. The quantitative estimate of drug-likeness (QED) is 0.0666. The number of ether oxygens (including phenoxy) is 1. The average Bonchev–Trinajstić information content (AvgIpc) is 2.93. The molecule has 2 atom stereocenters. The first-order valence-corrected chi connectivity index (χ1v) is 18.0. The summed E-state index contributed by atoms with van der Waals surface area (Å²) >= 11 is 0. The fourth-order valence-corrected chi connectivity index (χ4v) is 5.65. The van der Waals surface area contributed by atoms with Crippen LogP contribution in [0.1, 0.15) is 213 Å². The van der Waals surface area contributed by atoms with Crippen LogP contribution in [-0.2, 0) is 9.53 Å².